The summed E-state index contributed by atoms with van der Waals surface area (Å²) in [5.74, 6) is 0.497. The molecule has 2 heterocycles. The second-order valence-corrected chi connectivity index (χ2v) is 10.1. The maximum atomic E-state index is 12.2. The molecule has 3 aromatic rings. The van der Waals surface area contributed by atoms with Gasteiger partial charge in [0, 0.05) is 10.6 Å². The molecule has 2 amide bonds. The highest BCUT2D eigenvalue weighted by atomic mass is 35.5. The highest BCUT2D eigenvalue weighted by molar-refractivity contribution is 8.01. The number of carbonyl (C=O) groups is 2. The molecule has 8 nitrogen and oxygen atoms in total. The van der Waals surface area contributed by atoms with Crippen molar-refractivity contribution in [2.24, 2.45) is 0 Å². The van der Waals surface area contributed by atoms with Crippen molar-refractivity contribution in [3.63, 3.8) is 0 Å². The Bertz CT molecular complexity index is 979. The van der Waals surface area contributed by atoms with Crippen LogP contribution in [0.1, 0.15) is 17.3 Å². The molecular weight excluding hydrogens is 460 g/mol. The minimum atomic E-state index is -0.329. The lowest BCUT2D eigenvalue weighted by molar-refractivity contribution is -0.113. The Morgan fingerprint density at radius 3 is 2.39 bits per heavy atom. The van der Waals surface area contributed by atoms with Gasteiger partial charge in [0.1, 0.15) is 0 Å². The van der Waals surface area contributed by atoms with Crippen molar-refractivity contribution in [1.82, 2.24) is 20.4 Å². The molecule has 2 N–H and O–H groups in total. The van der Waals surface area contributed by atoms with E-state index in [9.17, 15) is 9.59 Å². The predicted octanol–water partition coefficient (Wildman–Crippen LogP) is 4.14. The number of rotatable bonds is 8. The van der Waals surface area contributed by atoms with Crippen molar-refractivity contribution >= 4 is 79.9 Å². The van der Waals surface area contributed by atoms with Crippen LogP contribution in [-0.4, -0.2) is 43.7 Å². The summed E-state index contributed by atoms with van der Waals surface area (Å²) < 4.78 is 1.38. The van der Waals surface area contributed by atoms with E-state index in [1.807, 2.05) is 6.92 Å². The summed E-state index contributed by atoms with van der Waals surface area (Å²) in [6.45, 7) is 2.02. The first-order chi connectivity index (χ1) is 13.5. The summed E-state index contributed by atoms with van der Waals surface area (Å²) in [4.78, 5) is 24.2. The number of anilines is 2. The molecule has 0 saturated heterocycles. The van der Waals surface area contributed by atoms with Crippen LogP contribution in [0.4, 0.5) is 10.3 Å². The van der Waals surface area contributed by atoms with Crippen LogP contribution in [0.3, 0.4) is 0 Å². The second-order valence-electron chi connectivity index (χ2n) is 4.98. The number of hydrogen-bond acceptors (Lipinski definition) is 10. The molecular formula is C15H13ClN6O2S4. The average molecular weight is 473 g/mol. The molecule has 0 bridgehead atoms. The van der Waals surface area contributed by atoms with Crippen molar-refractivity contribution in [2.45, 2.75) is 15.6 Å². The number of benzene rings is 1. The fourth-order valence-corrected chi connectivity index (χ4v) is 5.24. The zero-order valence-corrected chi connectivity index (χ0v) is 18.4. The molecule has 13 heteroatoms. The van der Waals surface area contributed by atoms with E-state index < -0.39 is 0 Å². The molecule has 0 aliphatic carbocycles. The smallest absolute Gasteiger partial charge is 0.257 e. The van der Waals surface area contributed by atoms with E-state index in [0.717, 1.165) is 10.1 Å². The Hall–Kier alpha value is -1.73. The highest BCUT2D eigenvalue weighted by Crippen LogP contribution is 2.27. The number of hydrogen-bond donors (Lipinski definition) is 2. The number of aromatic nitrogens is 4. The Balaban J connectivity index is 1.48. The van der Waals surface area contributed by atoms with Crippen LogP contribution >= 0.6 is 57.8 Å². The summed E-state index contributed by atoms with van der Waals surface area (Å²) in [6.07, 6.45) is 0. The Kier molecular flexibility index (Phi) is 7.62. The first-order valence-corrected chi connectivity index (χ1v) is 11.8. The van der Waals surface area contributed by atoms with Gasteiger partial charge in [0.25, 0.3) is 5.91 Å². The van der Waals surface area contributed by atoms with Crippen LogP contribution in [0.15, 0.2) is 32.9 Å². The summed E-state index contributed by atoms with van der Waals surface area (Å²) in [5, 5.41) is 22.4. The topological polar surface area (TPSA) is 110 Å². The molecule has 0 saturated carbocycles. The average Bonchev–Trinajstić information content (AvgIpc) is 3.30. The van der Waals surface area contributed by atoms with Gasteiger partial charge in [-0.25, -0.2) is 0 Å². The van der Waals surface area contributed by atoms with Gasteiger partial charge >= 0.3 is 0 Å². The third-order valence-electron chi connectivity index (χ3n) is 2.96. The molecule has 1 aromatic carbocycles. The first kappa shape index (κ1) is 21.0. The standard InChI is InChI=1S/C15H13ClN6O2S4/c1-2-25-14-21-19-12(27-14)17-10(23)7-26-15-22-20-13(28-15)18-11(24)8-4-3-5-9(16)6-8/h3-6H,2,7H2,1H3,(H,17,19,23)(H,18,20,24). The number of thioether (sulfide) groups is 2. The minimum absolute atomic E-state index is 0.146. The molecule has 2 aromatic heterocycles. The number of amides is 2. The lowest BCUT2D eigenvalue weighted by Gasteiger charge is -2.01. The third kappa shape index (κ3) is 6.14. The van der Waals surface area contributed by atoms with Gasteiger partial charge in [-0.05, 0) is 24.0 Å². The van der Waals surface area contributed by atoms with Crippen LogP contribution in [0.25, 0.3) is 0 Å². The minimum Gasteiger partial charge on any atom is -0.300 e. The zero-order valence-electron chi connectivity index (χ0n) is 14.3. The van der Waals surface area contributed by atoms with Crippen LogP contribution < -0.4 is 10.6 Å². The van der Waals surface area contributed by atoms with E-state index in [-0.39, 0.29) is 17.6 Å². The van der Waals surface area contributed by atoms with Gasteiger partial charge in [-0.3, -0.25) is 20.2 Å². The Morgan fingerprint density at radius 2 is 1.71 bits per heavy atom. The van der Waals surface area contributed by atoms with Crippen LogP contribution in [0.2, 0.25) is 5.02 Å². The van der Waals surface area contributed by atoms with E-state index in [4.69, 9.17) is 11.6 Å². The van der Waals surface area contributed by atoms with Gasteiger partial charge in [0.15, 0.2) is 8.68 Å². The molecule has 0 fully saturated rings. The summed E-state index contributed by atoms with van der Waals surface area (Å²) in [5.41, 5.74) is 0.425. The summed E-state index contributed by atoms with van der Waals surface area (Å²) in [6, 6.07) is 6.60. The first-order valence-electron chi connectivity index (χ1n) is 7.83. The maximum Gasteiger partial charge on any atom is 0.257 e. The quantitative estimate of drug-likeness (QED) is 0.372. The third-order valence-corrected chi connectivity index (χ3v) is 7.02. The maximum absolute atomic E-state index is 12.2. The van der Waals surface area contributed by atoms with Crippen molar-refractivity contribution < 1.29 is 9.59 Å². The van der Waals surface area contributed by atoms with Gasteiger partial charge in [-0.1, -0.05) is 70.8 Å². The SMILES string of the molecule is CCSc1nnc(NC(=O)CSc2nnc(NC(=O)c3cccc(Cl)c3)s2)s1. The Morgan fingerprint density at radius 1 is 1.04 bits per heavy atom. The molecule has 0 aliphatic heterocycles. The zero-order chi connectivity index (χ0) is 19.9. The Labute approximate surface area is 181 Å². The monoisotopic (exact) mass is 472 g/mol. The van der Waals surface area contributed by atoms with E-state index in [0.29, 0.717) is 25.2 Å². The van der Waals surface area contributed by atoms with E-state index >= 15 is 0 Å². The summed E-state index contributed by atoms with van der Waals surface area (Å²) in [7, 11) is 0. The highest BCUT2D eigenvalue weighted by Gasteiger charge is 2.13. The molecule has 28 heavy (non-hydrogen) atoms. The molecule has 0 spiro atoms. The van der Waals surface area contributed by atoms with Gasteiger partial charge in [-0.2, -0.15) is 0 Å². The molecule has 3 rings (SSSR count). The lowest BCUT2D eigenvalue weighted by atomic mass is 10.2. The number of nitrogens with zero attached hydrogens (tertiary/aromatic N) is 4. The largest absolute Gasteiger partial charge is 0.300 e. The number of nitrogens with one attached hydrogen (secondary N) is 2. The van der Waals surface area contributed by atoms with Crippen molar-refractivity contribution in [2.75, 3.05) is 22.1 Å². The fraction of sp³-hybridized carbons (Fsp3) is 0.200. The van der Waals surface area contributed by atoms with Crippen molar-refractivity contribution in [1.29, 1.82) is 0 Å². The normalized spacial score (nSPS) is 10.6. The van der Waals surface area contributed by atoms with Gasteiger partial charge in [0.2, 0.25) is 16.2 Å². The van der Waals surface area contributed by atoms with Gasteiger partial charge in [-0.15, -0.1) is 20.4 Å². The van der Waals surface area contributed by atoms with E-state index in [2.05, 4.69) is 31.0 Å². The molecule has 0 aliphatic rings. The number of carbonyl (C=O) groups excluding carboxylic acids is 2. The fourth-order valence-electron chi connectivity index (χ4n) is 1.84. The van der Waals surface area contributed by atoms with Crippen LogP contribution in [0.5, 0.6) is 0 Å². The predicted molar refractivity (Wildman–Crippen MR) is 115 cm³/mol. The van der Waals surface area contributed by atoms with E-state index in [1.54, 1.807) is 36.0 Å². The van der Waals surface area contributed by atoms with Crippen molar-refractivity contribution in [3.05, 3.63) is 34.9 Å². The van der Waals surface area contributed by atoms with Crippen molar-refractivity contribution in [3.8, 4) is 0 Å². The van der Waals surface area contributed by atoms with Gasteiger partial charge in [0.05, 0.1) is 5.75 Å². The molecule has 0 radical (unpaired) electrons. The van der Waals surface area contributed by atoms with Gasteiger partial charge < -0.3 is 0 Å². The molecule has 0 atom stereocenters. The molecule has 146 valence electrons. The molecule has 0 unspecified atom stereocenters. The summed E-state index contributed by atoms with van der Waals surface area (Å²) >= 11 is 11.2. The van der Waals surface area contributed by atoms with Crippen LogP contribution in [0, 0.1) is 0 Å². The lowest BCUT2D eigenvalue weighted by Crippen LogP contribution is -2.13. The second kappa shape index (κ2) is 10.2. The number of halogens is 1. The van der Waals surface area contributed by atoms with E-state index in [1.165, 1.54) is 34.4 Å². The van der Waals surface area contributed by atoms with Crippen LogP contribution in [-0.2, 0) is 4.79 Å².